The summed E-state index contributed by atoms with van der Waals surface area (Å²) in [5.74, 6) is -1.19. The highest BCUT2D eigenvalue weighted by Crippen LogP contribution is 2.19. The first kappa shape index (κ1) is 17.4. The lowest BCUT2D eigenvalue weighted by atomic mass is 10.2. The van der Waals surface area contributed by atoms with Crippen LogP contribution in [-0.4, -0.2) is 29.8 Å². The van der Waals surface area contributed by atoms with E-state index in [1.807, 2.05) is 13.8 Å². The molecule has 0 spiro atoms. The fourth-order valence-electron chi connectivity index (χ4n) is 1.93. The molecule has 0 heterocycles. The first-order valence-corrected chi connectivity index (χ1v) is 7.38. The first-order chi connectivity index (χ1) is 9.97. The molecule has 6 heteroatoms. The van der Waals surface area contributed by atoms with Gasteiger partial charge in [-0.25, -0.2) is 4.39 Å². The molecule has 0 fully saturated rings. The maximum atomic E-state index is 13.0. The van der Waals surface area contributed by atoms with E-state index in [4.69, 9.17) is 11.6 Å². The molecule has 4 nitrogen and oxygen atoms in total. The molecule has 0 unspecified atom stereocenters. The second-order valence-electron chi connectivity index (χ2n) is 4.73. The Morgan fingerprint density at radius 1 is 1.24 bits per heavy atom. The van der Waals surface area contributed by atoms with Crippen LogP contribution >= 0.6 is 11.6 Å². The molecule has 116 valence electrons. The lowest BCUT2D eigenvalue weighted by Gasteiger charge is -2.21. The fourth-order valence-corrected chi connectivity index (χ4v) is 2.11. The van der Waals surface area contributed by atoms with Crippen LogP contribution in [0.1, 0.15) is 33.1 Å². The molecule has 1 rings (SSSR count). The standard InChI is InChI=1S/C15H20ClFN2O2/c1-3-7-19(8-4-2)15(21)10-14(20)18-11-5-6-13(17)12(16)9-11/h5-6,9H,3-4,7-8,10H2,1-2H3,(H,18,20). The number of nitrogens with one attached hydrogen (secondary N) is 1. The average molecular weight is 315 g/mol. The maximum absolute atomic E-state index is 13.0. The van der Waals surface area contributed by atoms with Crippen molar-refractivity contribution in [3.63, 3.8) is 0 Å². The van der Waals surface area contributed by atoms with Gasteiger partial charge in [0.25, 0.3) is 0 Å². The summed E-state index contributed by atoms with van der Waals surface area (Å²) in [7, 11) is 0. The second-order valence-corrected chi connectivity index (χ2v) is 5.14. The predicted molar refractivity (Wildman–Crippen MR) is 81.8 cm³/mol. The number of carbonyl (C=O) groups excluding carboxylic acids is 2. The number of hydrogen-bond acceptors (Lipinski definition) is 2. The Kier molecular flexibility index (Phi) is 7.15. The van der Waals surface area contributed by atoms with Crippen LogP contribution in [0.25, 0.3) is 0 Å². The van der Waals surface area contributed by atoms with E-state index >= 15 is 0 Å². The van der Waals surface area contributed by atoms with Gasteiger partial charge in [0.1, 0.15) is 12.2 Å². The minimum Gasteiger partial charge on any atom is -0.342 e. The van der Waals surface area contributed by atoms with Gasteiger partial charge < -0.3 is 10.2 Å². The molecule has 0 aromatic heterocycles. The molecule has 0 aliphatic rings. The smallest absolute Gasteiger partial charge is 0.233 e. The topological polar surface area (TPSA) is 49.4 Å². The van der Waals surface area contributed by atoms with Crippen LogP contribution in [0.5, 0.6) is 0 Å². The van der Waals surface area contributed by atoms with Crippen LogP contribution in [0.3, 0.4) is 0 Å². The molecule has 0 aliphatic heterocycles. The quantitative estimate of drug-likeness (QED) is 0.784. The lowest BCUT2D eigenvalue weighted by molar-refractivity contribution is -0.134. The third-order valence-corrected chi connectivity index (χ3v) is 3.14. The van der Waals surface area contributed by atoms with Gasteiger partial charge in [0.15, 0.2) is 0 Å². The molecular weight excluding hydrogens is 295 g/mol. The number of hydrogen-bond donors (Lipinski definition) is 1. The molecule has 2 amide bonds. The molecular formula is C15H20ClFN2O2. The Hall–Kier alpha value is -1.62. The Balaban J connectivity index is 2.59. The third-order valence-electron chi connectivity index (χ3n) is 2.85. The van der Waals surface area contributed by atoms with Crippen molar-refractivity contribution in [1.29, 1.82) is 0 Å². The largest absolute Gasteiger partial charge is 0.342 e. The summed E-state index contributed by atoms with van der Waals surface area (Å²) < 4.78 is 13.0. The number of anilines is 1. The van der Waals surface area contributed by atoms with Crippen LogP contribution in [0.4, 0.5) is 10.1 Å². The van der Waals surface area contributed by atoms with Crippen LogP contribution in [0.15, 0.2) is 18.2 Å². The molecule has 0 saturated carbocycles. The Morgan fingerprint density at radius 3 is 2.38 bits per heavy atom. The molecule has 0 bridgehead atoms. The van der Waals surface area contributed by atoms with Gasteiger partial charge in [-0.05, 0) is 31.0 Å². The van der Waals surface area contributed by atoms with E-state index in [1.54, 1.807) is 4.90 Å². The highest BCUT2D eigenvalue weighted by Gasteiger charge is 2.16. The SMILES string of the molecule is CCCN(CCC)C(=O)CC(=O)Nc1ccc(F)c(Cl)c1. The van der Waals surface area contributed by atoms with E-state index in [-0.39, 0.29) is 17.4 Å². The van der Waals surface area contributed by atoms with E-state index < -0.39 is 11.7 Å². The zero-order valence-corrected chi connectivity index (χ0v) is 13.0. The summed E-state index contributed by atoms with van der Waals surface area (Å²) in [6.45, 7) is 5.25. The van der Waals surface area contributed by atoms with Gasteiger partial charge in [-0.1, -0.05) is 25.4 Å². The van der Waals surface area contributed by atoms with E-state index in [0.29, 0.717) is 18.8 Å². The number of nitrogens with zero attached hydrogens (tertiary/aromatic N) is 1. The van der Waals surface area contributed by atoms with Crippen molar-refractivity contribution in [2.75, 3.05) is 18.4 Å². The van der Waals surface area contributed by atoms with Gasteiger partial charge in [0.2, 0.25) is 11.8 Å². The summed E-state index contributed by atoms with van der Waals surface area (Å²) in [6, 6.07) is 3.88. The van der Waals surface area contributed by atoms with Crippen LogP contribution in [-0.2, 0) is 9.59 Å². The van der Waals surface area contributed by atoms with Gasteiger partial charge in [0.05, 0.1) is 5.02 Å². The third kappa shape index (κ3) is 5.71. The molecule has 0 aliphatic carbocycles. The van der Waals surface area contributed by atoms with Crippen molar-refractivity contribution in [3.8, 4) is 0 Å². The summed E-state index contributed by atoms with van der Waals surface area (Å²) in [5, 5.41) is 2.47. The van der Waals surface area contributed by atoms with Crippen LogP contribution in [0.2, 0.25) is 5.02 Å². The number of benzene rings is 1. The number of amides is 2. The Bertz CT molecular complexity index is 502. The maximum Gasteiger partial charge on any atom is 0.233 e. The first-order valence-electron chi connectivity index (χ1n) is 7.00. The lowest BCUT2D eigenvalue weighted by Crippen LogP contribution is -2.35. The Morgan fingerprint density at radius 2 is 1.86 bits per heavy atom. The highest BCUT2D eigenvalue weighted by molar-refractivity contribution is 6.31. The molecule has 0 saturated heterocycles. The summed E-state index contributed by atoms with van der Waals surface area (Å²) in [6.07, 6.45) is 1.47. The zero-order chi connectivity index (χ0) is 15.8. The average Bonchev–Trinajstić information content (AvgIpc) is 2.42. The van der Waals surface area contributed by atoms with Crippen LogP contribution < -0.4 is 5.32 Å². The van der Waals surface area contributed by atoms with E-state index in [9.17, 15) is 14.0 Å². The van der Waals surface area contributed by atoms with Gasteiger partial charge >= 0.3 is 0 Å². The van der Waals surface area contributed by atoms with E-state index in [1.165, 1.54) is 18.2 Å². The highest BCUT2D eigenvalue weighted by atomic mass is 35.5. The summed E-state index contributed by atoms with van der Waals surface area (Å²) >= 11 is 5.63. The fraction of sp³-hybridized carbons (Fsp3) is 0.467. The number of halogens is 2. The molecule has 1 aromatic carbocycles. The molecule has 21 heavy (non-hydrogen) atoms. The van der Waals surface area contributed by atoms with Crippen molar-refractivity contribution in [3.05, 3.63) is 29.0 Å². The van der Waals surface area contributed by atoms with Crippen molar-refractivity contribution in [1.82, 2.24) is 4.90 Å². The summed E-state index contributed by atoms with van der Waals surface area (Å²) in [4.78, 5) is 25.5. The van der Waals surface area contributed by atoms with Gasteiger partial charge in [-0.3, -0.25) is 9.59 Å². The monoisotopic (exact) mass is 314 g/mol. The van der Waals surface area contributed by atoms with Crippen molar-refractivity contribution in [2.45, 2.75) is 33.1 Å². The minimum atomic E-state index is -0.553. The predicted octanol–water partition coefficient (Wildman–Crippen LogP) is 3.46. The van der Waals surface area contributed by atoms with E-state index in [2.05, 4.69) is 5.32 Å². The summed E-state index contributed by atoms with van der Waals surface area (Å²) in [5.41, 5.74) is 0.372. The minimum absolute atomic E-state index is 0.0716. The van der Waals surface area contributed by atoms with Gasteiger partial charge in [-0.15, -0.1) is 0 Å². The molecule has 0 atom stereocenters. The molecule has 1 N–H and O–H groups in total. The van der Waals surface area contributed by atoms with Gasteiger partial charge in [0, 0.05) is 18.8 Å². The Labute approximate surface area is 129 Å². The molecule has 0 radical (unpaired) electrons. The van der Waals surface area contributed by atoms with E-state index in [0.717, 1.165) is 12.8 Å². The van der Waals surface area contributed by atoms with Crippen molar-refractivity contribution >= 4 is 29.1 Å². The zero-order valence-electron chi connectivity index (χ0n) is 12.3. The number of carbonyl (C=O) groups is 2. The van der Waals surface area contributed by atoms with Crippen molar-refractivity contribution < 1.29 is 14.0 Å². The number of rotatable bonds is 7. The van der Waals surface area contributed by atoms with Gasteiger partial charge in [-0.2, -0.15) is 0 Å². The normalized spacial score (nSPS) is 10.3. The van der Waals surface area contributed by atoms with Crippen LogP contribution in [0, 0.1) is 5.82 Å². The van der Waals surface area contributed by atoms with Crippen molar-refractivity contribution in [2.24, 2.45) is 0 Å². The second kappa shape index (κ2) is 8.62. The molecule has 1 aromatic rings.